The quantitative estimate of drug-likeness (QED) is 0.494. The van der Waals surface area contributed by atoms with Crippen LogP contribution in [0, 0.1) is 5.82 Å². The summed E-state index contributed by atoms with van der Waals surface area (Å²) in [6.07, 6.45) is 1.34. The van der Waals surface area contributed by atoms with E-state index in [4.69, 9.17) is 0 Å². The average molecular weight is 427 g/mol. The minimum Gasteiger partial charge on any atom is -0.365 e. The number of benzene rings is 1. The van der Waals surface area contributed by atoms with Gasteiger partial charge in [-0.1, -0.05) is 0 Å². The standard InChI is InChI=1S/C20H18FN5O5/c1-24(9-26-19(30)18(29)25(2)20(26)31)17(28)11-5-6-22-15(11)8-13-12-7-10(21)3-4-14(12)23-16(13)27/h3-8,18,22,29H,9H2,1-2H3,(H,23,27)/b13-8-/t18-/m0/s1. The summed E-state index contributed by atoms with van der Waals surface area (Å²) >= 11 is 0. The zero-order valence-corrected chi connectivity index (χ0v) is 16.5. The van der Waals surface area contributed by atoms with Crippen molar-refractivity contribution in [1.82, 2.24) is 19.7 Å². The van der Waals surface area contributed by atoms with Gasteiger partial charge >= 0.3 is 6.03 Å². The van der Waals surface area contributed by atoms with Crippen molar-refractivity contribution in [3.05, 3.63) is 53.1 Å². The molecule has 5 amide bonds. The maximum atomic E-state index is 13.7. The molecule has 160 valence electrons. The number of hydrogen-bond acceptors (Lipinski definition) is 5. The van der Waals surface area contributed by atoms with Crippen molar-refractivity contribution in [1.29, 1.82) is 0 Å². The minimum absolute atomic E-state index is 0.181. The van der Waals surface area contributed by atoms with E-state index in [0.29, 0.717) is 16.9 Å². The van der Waals surface area contributed by atoms with Gasteiger partial charge in [0.1, 0.15) is 12.5 Å². The predicted molar refractivity (Wildman–Crippen MR) is 107 cm³/mol. The van der Waals surface area contributed by atoms with Gasteiger partial charge in [0.15, 0.2) is 0 Å². The Morgan fingerprint density at radius 1 is 1.29 bits per heavy atom. The van der Waals surface area contributed by atoms with Crippen LogP contribution in [-0.4, -0.2) is 75.5 Å². The number of rotatable bonds is 4. The Morgan fingerprint density at radius 2 is 2.03 bits per heavy atom. The molecule has 10 nitrogen and oxygen atoms in total. The number of aromatic amines is 1. The summed E-state index contributed by atoms with van der Waals surface area (Å²) in [5, 5.41) is 12.3. The third-order valence-electron chi connectivity index (χ3n) is 5.15. The maximum absolute atomic E-state index is 13.7. The van der Waals surface area contributed by atoms with Crippen molar-refractivity contribution in [3.8, 4) is 0 Å². The molecule has 2 aliphatic heterocycles. The largest absolute Gasteiger partial charge is 0.365 e. The highest BCUT2D eigenvalue weighted by atomic mass is 19.1. The molecule has 0 spiro atoms. The SMILES string of the molecule is CN(CN1C(=O)[C@H](O)N(C)C1=O)C(=O)c1cc[nH]c1/C=C1\C(=O)Nc2ccc(F)cc21. The molecular formula is C20H18FN5O5. The van der Waals surface area contributed by atoms with E-state index >= 15 is 0 Å². The lowest BCUT2D eigenvalue weighted by Gasteiger charge is -2.22. The fourth-order valence-corrected chi connectivity index (χ4v) is 3.44. The summed E-state index contributed by atoms with van der Waals surface area (Å²) < 4.78 is 13.7. The number of nitrogens with one attached hydrogen (secondary N) is 2. The number of amides is 5. The molecule has 2 aliphatic rings. The number of urea groups is 1. The number of anilines is 1. The van der Waals surface area contributed by atoms with Crippen LogP contribution in [0.4, 0.5) is 14.9 Å². The molecule has 0 aliphatic carbocycles. The fourth-order valence-electron chi connectivity index (χ4n) is 3.44. The zero-order chi connectivity index (χ0) is 22.4. The lowest BCUT2D eigenvalue weighted by Crippen LogP contribution is -2.43. The van der Waals surface area contributed by atoms with Crippen LogP contribution >= 0.6 is 0 Å². The highest BCUT2D eigenvalue weighted by Crippen LogP contribution is 2.33. The molecule has 4 rings (SSSR count). The van der Waals surface area contributed by atoms with E-state index in [-0.39, 0.29) is 17.8 Å². The first kappa shape index (κ1) is 20.3. The highest BCUT2D eigenvalue weighted by molar-refractivity contribution is 6.35. The van der Waals surface area contributed by atoms with E-state index in [9.17, 15) is 28.7 Å². The summed E-state index contributed by atoms with van der Waals surface area (Å²) in [4.78, 5) is 55.0. The number of aliphatic hydroxyl groups excluding tert-OH is 1. The summed E-state index contributed by atoms with van der Waals surface area (Å²) in [6, 6.07) is 4.67. The fraction of sp³-hybridized carbons (Fsp3) is 0.200. The normalized spacial score (nSPS) is 19.3. The van der Waals surface area contributed by atoms with E-state index in [1.807, 2.05) is 0 Å². The number of halogens is 1. The van der Waals surface area contributed by atoms with Crippen LogP contribution in [0.2, 0.25) is 0 Å². The minimum atomic E-state index is -1.59. The van der Waals surface area contributed by atoms with Crippen LogP contribution in [0.15, 0.2) is 30.5 Å². The van der Waals surface area contributed by atoms with Gasteiger partial charge < -0.3 is 20.3 Å². The third-order valence-corrected chi connectivity index (χ3v) is 5.15. The average Bonchev–Trinajstić information content (AvgIpc) is 3.38. The summed E-state index contributed by atoms with van der Waals surface area (Å²) in [5.41, 5.74) is 1.50. The van der Waals surface area contributed by atoms with Crippen molar-refractivity contribution in [2.75, 3.05) is 26.1 Å². The first-order valence-corrected chi connectivity index (χ1v) is 9.21. The van der Waals surface area contributed by atoms with Gasteiger partial charge in [-0.15, -0.1) is 0 Å². The van der Waals surface area contributed by atoms with E-state index in [0.717, 1.165) is 14.7 Å². The molecule has 1 atom stereocenters. The Morgan fingerprint density at radius 3 is 2.71 bits per heavy atom. The first-order valence-electron chi connectivity index (χ1n) is 9.21. The summed E-state index contributed by atoms with van der Waals surface area (Å²) in [7, 11) is 2.67. The lowest BCUT2D eigenvalue weighted by atomic mass is 10.0. The number of imide groups is 1. The Bertz CT molecular complexity index is 1140. The molecule has 1 saturated heterocycles. The summed E-state index contributed by atoms with van der Waals surface area (Å²) in [6.45, 7) is -0.367. The van der Waals surface area contributed by atoms with Crippen LogP contribution in [0.1, 0.15) is 21.6 Å². The molecule has 31 heavy (non-hydrogen) atoms. The Labute approximate surface area is 175 Å². The molecule has 0 unspecified atom stereocenters. The van der Waals surface area contributed by atoms with Crippen molar-refractivity contribution in [3.63, 3.8) is 0 Å². The van der Waals surface area contributed by atoms with Crippen LogP contribution < -0.4 is 5.32 Å². The van der Waals surface area contributed by atoms with Gasteiger partial charge in [-0.05, 0) is 30.3 Å². The van der Waals surface area contributed by atoms with Crippen molar-refractivity contribution in [2.24, 2.45) is 0 Å². The van der Waals surface area contributed by atoms with Crippen LogP contribution in [0.5, 0.6) is 0 Å². The lowest BCUT2D eigenvalue weighted by molar-refractivity contribution is -0.137. The molecular weight excluding hydrogens is 409 g/mol. The second-order valence-corrected chi connectivity index (χ2v) is 7.19. The number of aliphatic hydroxyl groups is 1. The zero-order valence-electron chi connectivity index (χ0n) is 16.5. The molecule has 2 aromatic rings. The van der Waals surface area contributed by atoms with Crippen LogP contribution in [-0.2, 0) is 9.59 Å². The maximum Gasteiger partial charge on any atom is 0.330 e. The van der Waals surface area contributed by atoms with E-state index in [1.165, 1.54) is 50.6 Å². The topological polar surface area (TPSA) is 126 Å². The van der Waals surface area contributed by atoms with E-state index < -0.39 is 35.8 Å². The number of aromatic nitrogens is 1. The van der Waals surface area contributed by atoms with Gasteiger partial charge in [0.25, 0.3) is 17.7 Å². The van der Waals surface area contributed by atoms with Crippen LogP contribution in [0.25, 0.3) is 11.6 Å². The Kier molecular flexibility index (Phi) is 4.82. The predicted octanol–water partition coefficient (Wildman–Crippen LogP) is 0.888. The van der Waals surface area contributed by atoms with Gasteiger partial charge in [-0.3, -0.25) is 19.3 Å². The molecule has 0 bridgehead atoms. The number of carbonyl (C=O) groups excluding carboxylic acids is 4. The second kappa shape index (κ2) is 7.36. The second-order valence-electron chi connectivity index (χ2n) is 7.19. The van der Waals surface area contributed by atoms with E-state index in [2.05, 4.69) is 10.3 Å². The van der Waals surface area contributed by atoms with Crippen molar-refractivity contribution < 1.29 is 28.7 Å². The number of likely N-dealkylation sites (N-methyl/N-ethyl adjacent to an activating group) is 1. The number of hydrogen-bond donors (Lipinski definition) is 3. The van der Waals surface area contributed by atoms with Crippen molar-refractivity contribution in [2.45, 2.75) is 6.23 Å². The molecule has 3 heterocycles. The highest BCUT2D eigenvalue weighted by Gasteiger charge is 2.42. The van der Waals surface area contributed by atoms with Gasteiger partial charge in [0, 0.05) is 31.5 Å². The Hall–Kier alpha value is -3.99. The van der Waals surface area contributed by atoms with Gasteiger partial charge in [-0.2, -0.15) is 0 Å². The number of carbonyl (C=O) groups is 4. The molecule has 0 saturated carbocycles. The van der Waals surface area contributed by atoms with E-state index in [1.54, 1.807) is 0 Å². The molecule has 3 N–H and O–H groups in total. The number of nitrogens with zero attached hydrogens (tertiary/aromatic N) is 3. The van der Waals surface area contributed by atoms with Crippen LogP contribution in [0.3, 0.4) is 0 Å². The molecule has 11 heteroatoms. The van der Waals surface area contributed by atoms with Gasteiger partial charge in [0.2, 0.25) is 6.23 Å². The number of H-pyrrole nitrogens is 1. The molecule has 1 fully saturated rings. The first-order chi connectivity index (χ1) is 14.7. The molecule has 1 aromatic carbocycles. The molecule has 1 aromatic heterocycles. The summed E-state index contributed by atoms with van der Waals surface area (Å²) in [5.74, 6) is -2.30. The smallest absolute Gasteiger partial charge is 0.330 e. The van der Waals surface area contributed by atoms with Gasteiger partial charge in [0.05, 0.1) is 16.8 Å². The third kappa shape index (κ3) is 3.34. The molecule has 0 radical (unpaired) electrons. The number of fused-ring (bicyclic) bond motifs is 1. The van der Waals surface area contributed by atoms with Crippen molar-refractivity contribution >= 4 is 41.1 Å². The van der Waals surface area contributed by atoms with Gasteiger partial charge in [-0.25, -0.2) is 14.1 Å². The Balaban J connectivity index is 1.59. The monoisotopic (exact) mass is 427 g/mol.